The van der Waals surface area contributed by atoms with Gasteiger partial charge < -0.3 is 21.5 Å². The number of fused-ring (bicyclic) bond motifs is 1. The van der Waals surface area contributed by atoms with Crippen LogP contribution in [0.3, 0.4) is 0 Å². The van der Waals surface area contributed by atoms with Crippen LogP contribution in [0.1, 0.15) is 0 Å². The molecule has 0 aromatic heterocycles. The van der Waals surface area contributed by atoms with Crippen LogP contribution in [0.15, 0.2) is 5.10 Å². The largest absolute Gasteiger partial charge is 0.480 e. The van der Waals surface area contributed by atoms with Crippen molar-refractivity contribution in [3.63, 3.8) is 0 Å². The maximum atomic E-state index is 11.6. The molecule has 2 aliphatic heterocycles. The van der Waals surface area contributed by atoms with Gasteiger partial charge in [-0.1, -0.05) is 0 Å². The molecule has 3 atom stereocenters. The molecular weight excluding hydrogens is 343 g/mol. The summed E-state index contributed by atoms with van der Waals surface area (Å²) in [7, 11) is 0. The van der Waals surface area contributed by atoms with E-state index in [9.17, 15) is 14.7 Å². The van der Waals surface area contributed by atoms with Crippen molar-refractivity contribution in [3.8, 4) is 0 Å². The molecule has 9 nitrogen and oxygen atoms in total. The standard InChI is InChI=1S/C9H14N6O3S.2ClH/c10-4-5(16)15-2-9(7(17)18,3-19-6(4)15)1-13-14-8(11)12;;/h1,4,6H,2-3,10H2,(H,17,18)(H4,11,12,14);2*1H/t4?,6-,9?;;/m1../s1. The summed E-state index contributed by atoms with van der Waals surface area (Å²) in [6.07, 6.45) is 1.18. The van der Waals surface area contributed by atoms with Crippen LogP contribution in [-0.2, 0) is 9.59 Å². The van der Waals surface area contributed by atoms with Crippen molar-refractivity contribution >= 4 is 60.6 Å². The molecule has 12 heteroatoms. The van der Waals surface area contributed by atoms with Gasteiger partial charge in [0.15, 0.2) is 0 Å². The summed E-state index contributed by atoms with van der Waals surface area (Å²) < 4.78 is 0. The van der Waals surface area contributed by atoms with Gasteiger partial charge in [-0.2, -0.15) is 5.10 Å². The van der Waals surface area contributed by atoms with E-state index in [2.05, 4.69) is 10.5 Å². The quantitative estimate of drug-likeness (QED) is 0.180. The lowest BCUT2D eigenvalue weighted by molar-refractivity contribution is -0.152. The molecule has 1 amide bonds. The Morgan fingerprint density at radius 1 is 1.62 bits per heavy atom. The minimum absolute atomic E-state index is 0. The number of carboxylic acid groups (broad SMARTS) is 1. The molecule has 0 saturated carbocycles. The van der Waals surface area contributed by atoms with Crippen molar-refractivity contribution < 1.29 is 14.7 Å². The molecule has 0 aromatic rings. The fraction of sp³-hybridized carbons (Fsp3) is 0.556. The SMILES string of the molecule is Cl.Cl.N=C(N)NN=CC1(C(=O)O)CS[C@@H]2C(N)C(=O)N2C1. The van der Waals surface area contributed by atoms with Gasteiger partial charge in [0.25, 0.3) is 0 Å². The van der Waals surface area contributed by atoms with Gasteiger partial charge in [-0.05, 0) is 0 Å². The number of hydrogen-bond donors (Lipinski definition) is 5. The number of amides is 1. The summed E-state index contributed by atoms with van der Waals surface area (Å²) in [6.45, 7) is 0.0234. The fourth-order valence-electron chi connectivity index (χ4n) is 1.98. The number of carbonyl (C=O) groups is 2. The number of guanidine groups is 1. The van der Waals surface area contributed by atoms with Gasteiger partial charge in [-0.25, -0.2) is 5.43 Å². The van der Waals surface area contributed by atoms with Gasteiger partial charge in [0.1, 0.15) is 16.8 Å². The molecule has 0 aliphatic carbocycles. The molecule has 120 valence electrons. The Labute approximate surface area is 137 Å². The molecule has 2 rings (SSSR count). The van der Waals surface area contributed by atoms with E-state index >= 15 is 0 Å². The Morgan fingerprint density at radius 2 is 2.24 bits per heavy atom. The molecule has 0 aromatic carbocycles. The van der Waals surface area contributed by atoms with Crippen LogP contribution in [0, 0.1) is 10.8 Å². The molecule has 2 unspecified atom stereocenters. The number of carboxylic acids is 1. The summed E-state index contributed by atoms with van der Waals surface area (Å²) in [5, 5.41) is 19.8. The van der Waals surface area contributed by atoms with Gasteiger partial charge in [-0.3, -0.25) is 15.0 Å². The van der Waals surface area contributed by atoms with Crippen molar-refractivity contribution in [1.29, 1.82) is 5.41 Å². The maximum absolute atomic E-state index is 11.6. The Balaban J connectivity index is 0.00000200. The van der Waals surface area contributed by atoms with Crippen LogP contribution in [-0.4, -0.2) is 57.8 Å². The number of rotatable bonds is 3. The lowest BCUT2D eigenvalue weighted by atomic mass is 9.88. The molecule has 21 heavy (non-hydrogen) atoms. The zero-order valence-electron chi connectivity index (χ0n) is 10.7. The van der Waals surface area contributed by atoms with Crippen LogP contribution in [0.5, 0.6) is 0 Å². The Hall–Kier alpha value is -1.23. The lowest BCUT2D eigenvalue weighted by Gasteiger charge is -2.51. The molecular formula is C9H16Cl2N6O3S. The number of carbonyl (C=O) groups excluding carboxylic acids is 1. The third kappa shape index (κ3) is 3.51. The summed E-state index contributed by atoms with van der Waals surface area (Å²) in [4.78, 5) is 24.4. The summed E-state index contributed by atoms with van der Waals surface area (Å²) in [5.74, 6) is -1.47. The fourth-order valence-corrected chi connectivity index (χ4v) is 3.42. The van der Waals surface area contributed by atoms with Crippen LogP contribution in [0.25, 0.3) is 0 Å². The number of nitrogens with two attached hydrogens (primary N) is 2. The number of hydrogen-bond acceptors (Lipinski definition) is 6. The highest BCUT2D eigenvalue weighted by atomic mass is 35.5. The second kappa shape index (κ2) is 7.16. The van der Waals surface area contributed by atoms with Gasteiger partial charge in [0.2, 0.25) is 11.9 Å². The monoisotopic (exact) mass is 358 g/mol. The third-order valence-electron chi connectivity index (χ3n) is 3.07. The molecule has 2 fully saturated rings. The van der Waals surface area contributed by atoms with E-state index in [1.165, 1.54) is 22.9 Å². The first-order valence-corrected chi connectivity index (χ1v) is 6.47. The zero-order valence-corrected chi connectivity index (χ0v) is 13.1. The van der Waals surface area contributed by atoms with Gasteiger partial charge >= 0.3 is 5.97 Å². The minimum Gasteiger partial charge on any atom is -0.480 e. The average Bonchev–Trinajstić information content (AvgIpc) is 2.37. The third-order valence-corrected chi connectivity index (χ3v) is 4.64. The van der Waals surface area contributed by atoms with Crippen molar-refractivity contribution in [2.24, 2.45) is 22.0 Å². The Kier molecular flexibility index (Phi) is 6.74. The van der Waals surface area contributed by atoms with Crippen molar-refractivity contribution in [3.05, 3.63) is 0 Å². The normalized spacial score (nSPS) is 30.5. The molecule has 0 bridgehead atoms. The first-order chi connectivity index (χ1) is 8.87. The van der Waals surface area contributed by atoms with E-state index in [-0.39, 0.29) is 54.4 Å². The lowest BCUT2D eigenvalue weighted by Crippen LogP contribution is -2.72. The zero-order chi connectivity index (χ0) is 14.2. The number of nitrogens with zero attached hydrogens (tertiary/aromatic N) is 2. The highest BCUT2D eigenvalue weighted by molar-refractivity contribution is 8.00. The van der Waals surface area contributed by atoms with E-state index in [0.717, 1.165) is 0 Å². The number of aliphatic carboxylic acids is 1. The predicted octanol–water partition coefficient (Wildman–Crippen LogP) is -1.39. The topological polar surface area (TPSA) is 158 Å². The molecule has 0 spiro atoms. The number of β-lactam (4-membered cyclic amide) rings is 1. The van der Waals surface area contributed by atoms with Crippen LogP contribution >= 0.6 is 36.6 Å². The van der Waals surface area contributed by atoms with Gasteiger partial charge in [0, 0.05) is 18.5 Å². The molecule has 0 radical (unpaired) electrons. The van der Waals surface area contributed by atoms with Gasteiger partial charge in [-0.15, -0.1) is 36.6 Å². The van der Waals surface area contributed by atoms with E-state index in [1.807, 2.05) is 0 Å². The summed E-state index contributed by atoms with van der Waals surface area (Å²) in [6, 6.07) is -0.552. The number of nitrogens with one attached hydrogen (secondary N) is 2. The van der Waals surface area contributed by atoms with E-state index in [4.69, 9.17) is 16.9 Å². The van der Waals surface area contributed by atoms with Crippen LogP contribution in [0.2, 0.25) is 0 Å². The van der Waals surface area contributed by atoms with Gasteiger partial charge in [0.05, 0.1) is 0 Å². The minimum atomic E-state index is -1.29. The highest BCUT2D eigenvalue weighted by Crippen LogP contribution is 2.40. The summed E-state index contributed by atoms with van der Waals surface area (Å²) in [5.41, 5.74) is 11.6. The first-order valence-electron chi connectivity index (χ1n) is 5.43. The molecule has 2 saturated heterocycles. The maximum Gasteiger partial charge on any atom is 0.317 e. The van der Waals surface area contributed by atoms with E-state index in [0.29, 0.717) is 0 Å². The highest BCUT2D eigenvalue weighted by Gasteiger charge is 2.55. The Bertz CT molecular complexity index is 478. The number of thioether (sulfide) groups is 1. The number of halogens is 2. The number of hydrazone groups is 1. The summed E-state index contributed by atoms with van der Waals surface area (Å²) >= 11 is 1.31. The van der Waals surface area contributed by atoms with Crippen LogP contribution < -0.4 is 16.9 Å². The van der Waals surface area contributed by atoms with E-state index in [1.54, 1.807) is 0 Å². The van der Waals surface area contributed by atoms with Crippen molar-refractivity contribution in [2.75, 3.05) is 12.3 Å². The van der Waals surface area contributed by atoms with Crippen LogP contribution in [0.4, 0.5) is 0 Å². The molecule has 2 heterocycles. The smallest absolute Gasteiger partial charge is 0.317 e. The average molecular weight is 359 g/mol. The second-order valence-electron chi connectivity index (χ2n) is 4.44. The van der Waals surface area contributed by atoms with Crippen molar-refractivity contribution in [2.45, 2.75) is 11.4 Å². The second-order valence-corrected chi connectivity index (χ2v) is 5.54. The predicted molar refractivity (Wildman–Crippen MR) is 84.0 cm³/mol. The molecule has 2 aliphatic rings. The van der Waals surface area contributed by atoms with E-state index < -0.39 is 17.4 Å². The Morgan fingerprint density at radius 3 is 2.76 bits per heavy atom. The van der Waals surface area contributed by atoms with Crippen molar-refractivity contribution in [1.82, 2.24) is 10.3 Å². The molecule has 7 N–H and O–H groups in total. The first kappa shape index (κ1) is 19.8.